The molecule has 0 atom stereocenters. The zero-order valence-electron chi connectivity index (χ0n) is 20.3. The number of rotatable bonds is 12. The topological polar surface area (TPSA) is 34.1 Å². The minimum Gasteiger partial charge on any atom is -0.289 e. The molecule has 3 aromatic carbocycles. The van der Waals surface area contributed by atoms with Gasteiger partial charge < -0.3 is 0 Å². The van der Waals surface area contributed by atoms with Crippen LogP contribution in [0.1, 0.15) is 103 Å². The molecule has 0 amide bonds. The lowest BCUT2D eigenvalue weighted by molar-refractivity contribution is 0.0979. The Kier molecular flexibility index (Phi) is 9.33. The summed E-state index contributed by atoms with van der Waals surface area (Å²) in [7, 11) is 0. The van der Waals surface area contributed by atoms with Crippen molar-refractivity contribution in [2.24, 2.45) is 0 Å². The van der Waals surface area contributed by atoms with Crippen molar-refractivity contribution in [1.29, 1.82) is 0 Å². The van der Waals surface area contributed by atoms with Gasteiger partial charge in [-0.2, -0.15) is 0 Å². The molecule has 4 rings (SSSR count). The number of halogens is 2. The lowest BCUT2D eigenvalue weighted by atomic mass is 9.82. The number of unbranched alkanes of at least 4 members (excludes halogenated alkanes) is 9. The van der Waals surface area contributed by atoms with Crippen molar-refractivity contribution in [1.82, 2.24) is 0 Å². The van der Waals surface area contributed by atoms with Crippen molar-refractivity contribution >= 4 is 57.3 Å². The summed E-state index contributed by atoms with van der Waals surface area (Å²) in [4.78, 5) is 27.5. The van der Waals surface area contributed by atoms with Crippen LogP contribution in [0.3, 0.4) is 0 Å². The molecule has 0 bridgehead atoms. The van der Waals surface area contributed by atoms with E-state index in [2.05, 4.69) is 6.92 Å². The van der Waals surface area contributed by atoms with E-state index in [0.717, 1.165) is 16.0 Å². The summed E-state index contributed by atoms with van der Waals surface area (Å²) in [6.07, 6.45) is 13.3. The Bertz CT molecular complexity index is 1230. The average Bonchev–Trinajstić information content (AvgIpc) is 2.88. The molecule has 0 N–H and O–H groups in total. The van der Waals surface area contributed by atoms with Crippen LogP contribution in [0.15, 0.2) is 47.4 Å². The molecule has 2 nitrogen and oxygen atoms in total. The molecule has 1 aliphatic rings. The lowest BCUT2D eigenvalue weighted by Gasteiger charge is -2.21. The third kappa shape index (κ3) is 5.79. The summed E-state index contributed by atoms with van der Waals surface area (Å²) in [6.45, 7) is 2.26. The first-order valence-corrected chi connectivity index (χ1v) is 14.5. The van der Waals surface area contributed by atoms with Crippen molar-refractivity contribution in [3.63, 3.8) is 0 Å². The van der Waals surface area contributed by atoms with Crippen molar-refractivity contribution in [2.45, 2.75) is 76.0 Å². The molecular weight excluding hydrogens is 495 g/mol. The zero-order chi connectivity index (χ0) is 24.8. The molecule has 0 saturated heterocycles. The number of carbonyl (C=O) groups excluding carboxylic acids is 2. The molecule has 3 aromatic rings. The van der Waals surface area contributed by atoms with Crippen LogP contribution in [0.4, 0.5) is 0 Å². The Morgan fingerprint density at radius 3 is 1.74 bits per heavy atom. The molecule has 35 heavy (non-hydrogen) atoms. The Morgan fingerprint density at radius 1 is 0.657 bits per heavy atom. The first-order chi connectivity index (χ1) is 17.0. The summed E-state index contributed by atoms with van der Waals surface area (Å²) < 4.78 is 0. The van der Waals surface area contributed by atoms with Crippen LogP contribution >= 0.6 is 35.0 Å². The Morgan fingerprint density at radius 2 is 1.17 bits per heavy atom. The van der Waals surface area contributed by atoms with Gasteiger partial charge in [0, 0.05) is 26.8 Å². The van der Waals surface area contributed by atoms with Crippen LogP contribution < -0.4 is 0 Å². The number of hydrogen-bond donors (Lipinski definition) is 0. The fourth-order valence-corrected chi connectivity index (χ4v) is 6.46. The van der Waals surface area contributed by atoms with Crippen LogP contribution in [0.2, 0.25) is 10.0 Å². The highest BCUT2D eigenvalue weighted by Crippen LogP contribution is 2.43. The number of ketones is 2. The van der Waals surface area contributed by atoms with Gasteiger partial charge >= 0.3 is 0 Å². The molecule has 0 heterocycles. The normalized spacial score (nSPS) is 12.8. The summed E-state index contributed by atoms with van der Waals surface area (Å²) in [6, 6.07) is 12.8. The maximum atomic E-state index is 13.2. The quantitative estimate of drug-likeness (QED) is 0.136. The monoisotopic (exact) mass is 526 g/mol. The van der Waals surface area contributed by atoms with Gasteiger partial charge in [0.2, 0.25) is 0 Å². The number of benzene rings is 3. The number of thioether (sulfide) groups is 1. The van der Waals surface area contributed by atoms with Crippen molar-refractivity contribution in [3.8, 4) is 0 Å². The minimum atomic E-state index is -0.247. The number of carbonyl (C=O) groups is 2. The molecule has 184 valence electrons. The fraction of sp³-hybridized carbons (Fsp3) is 0.400. The van der Waals surface area contributed by atoms with Crippen LogP contribution in [-0.4, -0.2) is 17.3 Å². The van der Waals surface area contributed by atoms with Gasteiger partial charge in [0.1, 0.15) is 0 Å². The molecule has 0 saturated carbocycles. The standard InChI is InChI=1S/C30H32Cl2O2S/c1-2-3-4-5-6-7-8-9-10-13-18-35-20-16-17-21-24(19-20)28(32)26-25(27(21)31)29(33)22-14-11-12-15-23(22)30(26)34/h11-12,14-17,19H,2-10,13,18H2,1H3. The van der Waals surface area contributed by atoms with E-state index in [1.165, 1.54) is 64.2 Å². The summed E-state index contributed by atoms with van der Waals surface area (Å²) >= 11 is 15.3. The van der Waals surface area contributed by atoms with E-state index in [9.17, 15) is 9.59 Å². The van der Waals surface area contributed by atoms with Gasteiger partial charge in [-0.05, 0) is 24.3 Å². The SMILES string of the molecule is CCCCCCCCCCCCSc1ccc2c(Cl)c3c(c(Cl)c2c1)C(=O)c1ccccc1C3=O. The lowest BCUT2D eigenvalue weighted by Crippen LogP contribution is -2.22. The van der Waals surface area contributed by atoms with Gasteiger partial charge in [-0.15, -0.1) is 11.8 Å². The van der Waals surface area contributed by atoms with Crippen molar-refractivity contribution in [2.75, 3.05) is 5.75 Å². The largest absolute Gasteiger partial charge is 0.289 e. The first kappa shape index (κ1) is 26.3. The maximum Gasteiger partial charge on any atom is 0.196 e. The van der Waals surface area contributed by atoms with Crippen molar-refractivity contribution in [3.05, 3.63) is 74.8 Å². The summed E-state index contributed by atoms with van der Waals surface area (Å²) in [5, 5.41) is 2.05. The van der Waals surface area contributed by atoms with Crippen LogP contribution in [0.5, 0.6) is 0 Å². The molecule has 0 aliphatic heterocycles. The van der Waals surface area contributed by atoms with Gasteiger partial charge in [0.05, 0.1) is 21.2 Å². The number of hydrogen-bond acceptors (Lipinski definition) is 3. The summed E-state index contributed by atoms with van der Waals surface area (Å²) in [5.74, 6) is 0.555. The van der Waals surface area contributed by atoms with E-state index >= 15 is 0 Å². The Labute approximate surface area is 222 Å². The minimum absolute atomic E-state index is 0.221. The van der Waals surface area contributed by atoms with Crippen molar-refractivity contribution < 1.29 is 9.59 Å². The predicted molar refractivity (Wildman–Crippen MR) is 150 cm³/mol. The second-order valence-corrected chi connectivity index (χ2v) is 11.2. The molecule has 1 aliphatic carbocycles. The molecule has 0 spiro atoms. The number of fused-ring (bicyclic) bond motifs is 3. The Hall–Kier alpha value is -1.81. The molecule has 0 unspecified atom stereocenters. The predicted octanol–water partition coefficient (Wildman–Crippen LogP) is 9.93. The third-order valence-electron chi connectivity index (χ3n) is 6.79. The molecule has 0 fully saturated rings. The molecule has 0 radical (unpaired) electrons. The smallest absolute Gasteiger partial charge is 0.196 e. The first-order valence-electron chi connectivity index (χ1n) is 12.8. The van der Waals surface area contributed by atoms with E-state index in [0.29, 0.717) is 26.6 Å². The van der Waals surface area contributed by atoms with Crippen LogP contribution in [0, 0.1) is 0 Å². The fourth-order valence-electron chi connectivity index (χ4n) is 4.83. The van der Waals surface area contributed by atoms with Gasteiger partial charge in [0.25, 0.3) is 0 Å². The molecular formula is C30H32Cl2O2S. The Balaban J connectivity index is 1.40. The molecule has 0 aromatic heterocycles. The highest BCUT2D eigenvalue weighted by Gasteiger charge is 2.34. The van der Waals surface area contributed by atoms with Gasteiger partial charge in [-0.3, -0.25) is 9.59 Å². The maximum absolute atomic E-state index is 13.2. The molecule has 5 heteroatoms. The van der Waals surface area contributed by atoms with Crippen LogP contribution in [-0.2, 0) is 0 Å². The van der Waals surface area contributed by atoms with Gasteiger partial charge in [0.15, 0.2) is 11.6 Å². The second-order valence-electron chi connectivity index (χ2n) is 9.32. The van der Waals surface area contributed by atoms with E-state index in [-0.39, 0.29) is 22.7 Å². The van der Waals surface area contributed by atoms with E-state index in [1.54, 1.807) is 36.0 Å². The summed E-state index contributed by atoms with van der Waals surface area (Å²) in [5.41, 5.74) is 1.21. The highest BCUT2D eigenvalue weighted by atomic mass is 35.5. The third-order valence-corrected chi connectivity index (χ3v) is 8.66. The van der Waals surface area contributed by atoms with E-state index in [4.69, 9.17) is 23.2 Å². The van der Waals surface area contributed by atoms with Gasteiger partial charge in [-0.25, -0.2) is 0 Å². The average molecular weight is 528 g/mol. The second kappa shape index (κ2) is 12.4. The van der Waals surface area contributed by atoms with E-state index < -0.39 is 0 Å². The van der Waals surface area contributed by atoms with Gasteiger partial charge in [-0.1, -0.05) is 118 Å². The zero-order valence-corrected chi connectivity index (χ0v) is 22.6. The van der Waals surface area contributed by atoms with E-state index in [1.807, 2.05) is 18.2 Å². The van der Waals surface area contributed by atoms with Crippen LogP contribution in [0.25, 0.3) is 10.8 Å². The highest BCUT2D eigenvalue weighted by molar-refractivity contribution is 7.99.